The van der Waals surface area contributed by atoms with Gasteiger partial charge in [0.05, 0.1) is 6.54 Å². The summed E-state index contributed by atoms with van der Waals surface area (Å²) in [6.07, 6.45) is -0.784. The summed E-state index contributed by atoms with van der Waals surface area (Å²) in [6.45, 7) is -3.73. The Labute approximate surface area is 123 Å². The zero-order valence-corrected chi connectivity index (χ0v) is 11.2. The Bertz CT molecular complexity index is 202. The van der Waals surface area contributed by atoms with Crippen LogP contribution in [0.1, 0.15) is 0 Å². The molecule has 1 rings (SSSR count). The summed E-state index contributed by atoms with van der Waals surface area (Å²) in [6, 6.07) is 0. The zero-order valence-electron chi connectivity index (χ0n) is 8.10. The van der Waals surface area contributed by atoms with Gasteiger partial charge < -0.3 is 18.3 Å². The number of hydrogen-bond donors (Lipinski definition) is 1. The quantitative estimate of drug-likeness (QED) is 0.538. The molecule has 76 valence electrons. The maximum Gasteiger partial charge on any atom is 1.00 e. The maximum atomic E-state index is 11.8. The van der Waals surface area contributed by atoms with E-state index in [2.05, 4.69) is 5.32 Å². The van der Waals surface area contributed by atoms with Gasteiger partial charge in [-0.05, 0) is 6.54 Å². The van der Waals surface area contributed by atoms with Gasteiger partial charge in [-0.1, -0.05) is 6.32 Å². The second-order valence-electron chi connectivity index (χ2n) is 3.13. The fourth-order valence-corrected chi connectivity index (χ4v) is 1.21. The van der Waals surface area contributed by atoms with E-state index in [1.165, 1.54) is 4.90 Å². The van der Waals surface area contributed by atoms with E-state index in [-0.39, 0.29) is 70.4 Å². The van der Waals surface area contributed by atoms with Gasteiger partial charge in [-0.25, -0.2) is 0 Å². The van der Waals surface area contributed by atoms with Crippen LogP contribution in [0.15, 0.2) is 0 Å². The minimum atomic E-state index is -4.72. The number of carbonyl (C=O) groups excluding carboxylic acids is 1. The molecule has 1 N–H and O–H groups in total. The zero-order chi connectivity index (χ0) is 9.90. The first-order valence-electron chi connectivity index (χ1n) is 4.17. The summed E-state index contributed by atoms with van der Waals surface area (Å²) < 4.78 is 35.5. The van der Waals surface area contributed by atoms with Crippen molar-refractivity contribution >= 4 is 12.9 Å². The number of nitrogens with one attached hydrogen (secondary N) is 1. The standard InChI is InChI=1S/C6H11BF3N2O.K/c8-7(9,10)1-3-12-4-2-11-6(13)5-12;/h1-5H2,(H,11,13);/q-1;+1. The molecule has 0 bridgehead atoms. The van der Waals surface area contributed by atoms with Crippen LogP contribution in [0, 0.1) is 0 Å². The molecule has 0 aliphatic carbocycles. The number of hydrogen-bond acceptors (Lipinski definition) is 2. The molecule has 0 unspecified atom stereocenters. The van der Waals surface area contributed by atoms with Gasteiger partial charge in [-0.3, -0.25) is 9.69 Å². The molecule has 1 fully saturated rings. The minimum Gasteiger partial charge on any atom is -0.449 e. The molecule has 14 heavy (non-hydrogen) atoms. The van der Waals surface area contributed by atoms with Crippen LogP contribution in [0.2, 0.25) is 6.32 Å². The Balaban J connectivity index is 0.00000169. The Hall–Kier alpha value is 0.921. The van der Waals surface area contributed by atoms with Crippen molar-refractivity contribution in [3.63, 3.8) is 0 Å². The molecule has 0 aromatic carbocycles. The third-order valence-corrected chi connectivity index (χ3v) is 1.89. The second kappa shape index (κ2) is 6.49. The number of amides is 1. The van der Waals surface area contributed by atoms with Crippen molar-refractivity contribution in [1.29, 1.82) is 0 Å². The molecular formula is C6H11BF3KN2O. The van der Waals surface area contributed by atoms with Crippen molar-refractivity contribution < 1.29 is 69.1 Å². The SMILES string of the molecule is O=C1CN(CC[B-](F)(F)F)CCN1.[K+]. The van der Waals surface area contributed by atoms with E-state index >= 15 is 0 Å². The Morgan fingerprint density at radius 2 is 2.07 bits per heavy atom. The number of carbonyl (C=O) groups is 1. The van der Waals surface area contributed by atoms with Gasteiger partial charge in [-0.15, -0.1) is 0 Å². The van der Waals surface area contributed by atoms with Crippen LogP contribution in [0.5, 0.6) is 0 Å². The van der Waals surface area contributed by atoms with E-state index < -0.39 is 13.3 Å². The molecule has 0 aromatic heterocycles. The molecule has 0 spiro atoms. The van der Waals surface area contributed by atoms with Crippen LogP contribution in [0.25, 0.3) is 0 Å². The Morgan fingerprint density at radius 3 is 2.57 bits per heavy atom. The molecule has 1 amide bonds. The molecule has 8 heteroatoms. The molecule has 0 saturated carbocycles. The average Bonchev–Trinajstić information content (AvgIpc) is 2.00. The number of piperazine rings is 1. The smallest absolute Gasteiger partial charge is 0.449 e. The van der Waals surface area contributed by atoms with Gasteiger partial charge in [0.25, 0.3) is 0 Å². The first-order chi connectivity index (χ1) is 5.97. The first-order valence-corrected chi connectivity index (χ1v) is 4.17. The van der Waals surface area contributed by atoms with Gasteiger partial charge in [0.15, 0.2) is 0 Å². The topological polar surface area (TPSA) is 32.3 Å². The van der Waals surface area contributed by atoms with Crippen LogP contribution < -0.4 is 56.7 Å². The third-order valence-electron chi connectivity index (χ3n) is 1.89. The van der Waals surface area contributed by atoms with Crippen molar-refractivity contribution in [3.05, 3.63) is 0 Å². The summed E-state index contributed by atoms with van der Waals surface area (Å²) in [7, 11) is 0. The van der Waals surface area contributed by atoms with Crippen LogP contribution in [0.4, 0.5) is 12.9 Å². The molecule has 0 aromatic rings. The predicted molar refractivity (Wildman–Crippen MR) is 43.3 cm³/mol. The average molecular weight is 234 g/mol. The van der Waals surface area contributed by atoms with Crippen LogP contribution >= 0.6 is 0 Å². The van der Waals surface area contributed by atoms with Gasteiger partial charge in [0, 0.05) is 13.1 Å². The van der Waals surface area contributed by atoms with E-state index in [0.29, 0.717) is 13.1 Å². The Morgan fingerprint density at radius 1 is 1.43 bits per heavy atom. The summed E-state index contributed by atoms with van der Waals surface area (Å²) in [5.41, 5.74) is 0. The molecule has 0 atom stereocenters. The molecule has 0 radical (unpaired) electrons. The van der Waals surface area contributed by atoms with E-state index in [4.69, 9.17) is 0 Å². The van der Waals surface area contributed by atoms with Gasteiger partial charge in [0.1, 0.15) is 0 Å². The van der Waals surface area contributed by atoms with Crippen LogP contribution in [-0.2, 0) is 4.79 Å². The normalized spacial score (nSPS) is 18.6. The third kappa shape index (κ3) is 6.41. The van der Waals surface area contributed by atoms with Crippen LogP contribution in [0.3, 0.4) is 0 Å². The molecular weight excluding hydrogens is 223 g/mol. The summed E-state index contributed by atoms with van der Waals surface area (Å²) >= 11 is 0. The number of halogens is 3. The van der Waals surface area contributed by atoms with E-state index in [1.54, 1.807) is 0 Å². The fourth-order valence-electron chi connectivity index (χ4n) is 1.21. The largest absolute Gasteiger partial charge is 1.00 e. The summed E-state index contributed by atoms with van der Waals surface area (Å²) in [5.74, 6) is -0.194. The van der Waals surface area contributed by atoms with Gasteiger partial charge >= 0.3 is 58.4 Å². The van der Waals surface area contributed by atoms with E-state index in [0.717, 1.165) is 0 Å². The summed E-state index contributed by atoms with van der Waals surface area (Å²) in [4.78, 5) is 12.3. The minimum absolute atomic E-state index is 0. The molecule has 1 aliphatic rings. The first kappa shape index (κ1) is 14.9. The predicted octanol–water partition coefficient (Wildman–Crippen LogP) is -2.73. The van der Waals surface area contributed by atoms with Crippen molar-refractivity contribution in [3.8, 4) is 0 Å². The number of nitrogens with zero attached hydrogens (tertiary/aromatic N) is 1. The fraction of sp³-hybridized carbons (Fsp3) is 0.833. The van der Waals surface area contributed by atoms with Gasteiger partial charge in [0.2, 0.25) is 5.91 Å². The molecule has 3 nitrogen and oxygen atoms in total. The van der Waals surface area contributed by atoms with Crippen molar-refractivity contribution in [2.24, 2.45) is 0 Å². The molecule has 1 aliphatic heterocycles. The summed E-state index contributed by atoms with van der Waals surface area (Å²) in [5, 5.41) is 2.55. The van der Waals surface area contributed by atoms with Crippen molar-refractivity contribution in [1.82, 2.24) is 10.2 Å². The maximum absolute atomic E-state index is 11.8. The number of rotatable bonds is 3. The second-order valence-corrected chi connectivity index (χ2v) is 3.13. The molecule has 1 heterocycles. The van der Waals surface area contributed by atoms with Gasteiger partial charge in [-0.2, -0.15) is 0 Å². The molecule has 1 saturated heterocycles. The Kier molecular flexibility index (Phi) is 6.92. The van der Waals surface area contributed by atoms with E-state index in [1.807, 2.05) is 0 Å². The van der Waals surface area contributed by atoms with Crippen molar-refractivity contribution in [2.75, 3.05) is 26.2 Å². The van der Waals surface area contributed by atoms with Crippen LogP contribution in [-0.4, -0.2) is 44.0 Å². The van der Waals surface area contributed by atoms with Crippen molar-refractivity contribution in [2.45, 2.75) is 6.32 Å². The monoisotopic (exact) mass is 234 g/mol. The van der Waals surface area contributed by atoms with E-state index in [9.17, 15) is 17.7 Å².